The summed E-state index contributed by atoms with van der Waals surface area (Å²) in [5.41, 5.74) is 9.44. The summed E-state index contributed by atoms with van der Waals surface area (Å²) >= 11 is 0. The van der Waals surface area contributed by atoms with Gasteiger partial charge in [-0.1, -0.05) is 66.7 Å². The van der Waals surface area contributed by atoms with E-state index < -0.39 is 0 Å². The van der Waals surface area contributed by atoms with E-state index in [0.717, 1.165) is 11.1 Å². The summed E-state index contributed by atoms with van der Waals surface area (Å²) in [6.45, 7) is 0.796. The van der Waals surface area contributed by atoms with E-state index >= 15 is 0 Å². The fourth-order valence-electron chi connectivity index (χ4n) is 3.38. The number of benzene rings is 4. The number of carbonyl (C=O) groups excluding carboxylic acids is 1. The number of anilines is 2. The lowest BCUT2D eigenvalue weighted by atomic mass is 10.1. The van der Waals surface area contributed by atoms with Crippen LogP contribution in [0.15, 0.2) is 97.1 Å². The number of nitrogens with two attached hydrogens (primary N) is 1. The number of hydrogen-bond donors (Lipinski definition) is 2. The molecule has 0 spiro atoms. The molecule has 0 aliphatic carbocycles. The van der Waals surface area contributed by atoms with Crippen molar-refractivity contribution in [3.8, 4) is 17.2 Å². The van der Waals surface area contributed by atoms with Gasteiger partial charge in [-0.3, -0.25) is 4.79 Å². The third kappa shape index (κ3) is 5.86. The summed E-state index contributed by atoms with van der Waals surface area (Å²) in [6.07, 6.45) is 0. The maximum absolute atomic E-state index is 13.0. The van der Waals surface area contributed by atoms with Crippen molar-refractivity contribution in [2.24, 2.45) is 0 Å². The molecule has 34 heavy (non-hydrogen) atoms. The van der Waals surface area contributed by atoms with E-state index in [1.54, 1.807) is 24.3 Å². The van der Waals surface area contributed by atoms with Crippen LogP contribution in [0.2, 0.25) is 0 Å². The van der Waals surface area contributed by atoms with Crippen molar-refractivity contribution in [1.29, 1.82) is 0 Å². The molecule has 0 unspecified atom stereocenters. The van der Waals surface area contributed by atoms with Gasteiger partial charge in [0.25, 0.3) is 5.91 Å². The minimum atomic E-state index is -0.356. The number of carbonyl (C=O) groups is 1. The van der Waals surface area contributed by atoms with Gasteiger partial charge in [-0.25, -0.2) is 0 Å². The van der Waals surface area contributed by atoms with E-state index in [2.05, 4.69) is 5.32 Å². The molecule has 1 amide bonds. The fraction of sp³-hybridized carbons (Fsp3) is 0.107. The molecule has 4 aromatic carbocycles. The summed E-state index contributed by atoms with van der Waals surface area (Å²) in [7, 11) is 1.52. The smallest absolute Gasteiger partial charge is 0.257 e. The number of ether oxygens (including phenoxy) is 3. The molecule has 0 aliphatic heterocycles. The van der Waals surface area contributed by atoms with Gasteiger partial charge in [0.2, 0.25) is 0 Å². The number of methoxy groups -OCH3 is 1. The second kappa shape index (κ2) is 10.9. The highest BCUT2D eigenvalue weighted by molar-refractivity contribution is 6.08. The Morgan fingerprint density at radius 1 is 0.765 bits per heavy atom. The van der Waals surface area contributed by atoms with Crippen molar-refractivity contribution in [1.82, 2.24) is 0 Å². The molecule has 3 N–H and O–H groups in total. The highest BCUT2D eigenvalue weighted by atomic mass is 16.5. The van der Waals surface area contributed by atoms with Crippen LogP contribution < -0.4 is 25.3 Å². The molecule has 172 valence electrons. The zero-order valence-corrected chi connectivity index (χ0v) is 18.9. The first-order valence-electron chi connectivity index (χ1n) is 10.8. The molecule has 0 aliphatic rings. The van der Waals surface area contributed by atoms with Crippen molar-refractivity contribution in [2.45, 2.75) is 13.2 Å². The minimum absolute atomic E-state index is 0.290. The minimum Gasteiger partial charge on any atom is -0.493 e. The Morgan fingerprint density at radius 3 is 2.06 bits per heavy atom. The number of nitrogens with one attached hydrogen (secondary N) is 1. The molecule has 0 fully saturated rings. The van der Waals surface area contributed by atoms with E-state index in [1.165, 1.54) is 7.11 Å². The van der Waals surface area contributed by atoms with Crippen molar-refractivity contribution in [3.05, 3.63) is 114 Å². The zero-order valence-electron chi connectivity index (χ0n) is 18.9. The number of nitrogen functional groups attached to an aromatic ring is 1. The molecular formula is C28H26N2O4. The molecule has 6 heteroatoms. The van der Waals surface area contributed by atoms with Gasteiger partial charge in [-0.2, -0.15) is 0 Å². The van der Waals surface area contributed by atoms with E-state index in [0.29, 0.717) is 41.7 Å². The average molecular weight is 455 g/mol. The molecule has 0 aromatic heterocycles. The Kier molecular flexibility index (Phi) is 7.30. The van der Waals surface area contributed by atoms with E-state index in [4.69, 9.17) is 19.9 Å². The Morgan fingerprint density at radius 2 is 1.41 bits per heavy atom. The molecule has 4 aromatic rings. The number of rotatable bonds is 9. The monoisotopic (exact) mass is 454 g/mol. The summed E-state index contributed by atoms with van der Waals surface area (Å²) in [6, 6.07) is 30.1. The summed E-state index contributed by atoms with van der Waals surface area (Å²) in [5, 5.41) is 2.87. The van der Waals surface area contributed by atoms with Gasteiger partial charge in [0.05, 0.1) is 12.7 Å². The van der Waals surface area contributed by atoms with Gasteiger partial charge >= 0.3 is 0 Å². The Hall–Kier alpha value is -4.45. The third-order valence-electron chi connectivity index (χ3n) is 5.16. The van der Waals surface area contributed by atoms with Gasteiger partial charge < -0.3 is 25.3 Å². The van der Waals surface area contributed by atoms with Crippen molar-refractivity contribution >= 4 is 17.3 Å². The lowest BCUT2D eigenvalue weighted by molar-refractivity contribution is 0.102. The first-order valence-corrected chi connectivity index (χ1v) is 10.8. The molecule has 4 rings (SSSR count). The van der Waals surface area contributed by atoms with Crippen molar-refractivity contribution < 1.29 is 19.0 Å². The number of amides is 1. The SMILES string of the molecule is COc1cc(C(=O)Nc2cccc(OCc3ccccc3)c2)c(N)cc1OCc1ccccc1. The van der Waals surface area contributed by atoms with Crippen LogP contribution >= 0.6 is 0 Å². The van der Waals surface area contributed by atoms with Crippen LogP contribution in [0.5, 0.6) is 17.2 Å². The lowest BCUT2D eigenvalue weighted by Crippen LogP contribution is -2.14. The maximum atomic E-state index is 13.0. The predicted octanol–water partition coefficient (Wildman–Crippen LogP) is 5.69. The average Bonchev–Trinajstić information content (AvgIpc) is 2.87. The van der Waals surface area contributed by atoms with Gasteiger partial charge in [0.15, 0.2) is 11.5 Å². The van der Waals surface area contributed by atoms with Gasteiger partial charge in [-0.15, -0.1) is 0 Å². The van der Waals surface area contributed by atoms with Crippen LogP contribution in [-0.4, -0.2) is 13.0 Å². The molecule has 0 bridgehead atoms. The van der Waals surface area contributed by atoms with Crippen LogP contribution in [0.1, 0.15) is 21.5 Å². The Balaban J connectivity index is 1.44. The lowest BCUT2D eigenvalue weighted by Gasteiger charge is -2.15. The van der Waals surface area contributed by atoms with E-state index in [1.807, 2.05) is 72.8 Å². The quantitative estimate of drug-likeness (QED) is 0.318. The van der Waals surface area contributed by atoms with Gasteiger partial charge in [0, 0.05) is 23.5 Å². The van der Waals surface area contributed by atoms with Crippen LogP contribution in [0.4, 0.5) is 11.4 Å². The fourth-order valence-corrected chi connectivity index (χ4v) is 3.38. The number of hydrogen-bond acceptors (Lipinski definition) is 5. The molecule has 0 heterocycles. The van der Waals surface area contributed by atoms with Crippen molar-refractivity contribution in [3.63, 3.8) is 0 Å². The third-order valence-corrected chi connectivity index (χ3v) is 5.16. The van der Waals surface area contributed by atoms with Crippen LogP contribution in [0.25, 0.3) is 0 Å². The molecule has 0 saturated carbocycles. The maximum Gasteiger partial charge on any atom is 0.257 e. The molecule has 0 radical (unpaired) electrons. The van der Waals surface area contributed by atoms with E-state index in [9.17, 15) is 4.79 Å². The van der Waals surface area contributed by atoms with Gasteiger partial charge in [0.1, 0.15) is 19.0 Å². The molecule has 0 atom stereocenters. The molecule has 6 nitrogen and oxygen atoms in total. The van der Waals surface area contributed by atoms with Crippen molar-refractivity contribution in [2.75, 3.05) is 18.2 Å². The summed E-state index contributed by atoms with van der Waals surface area (Å²) in [4.78, 5) is 13.0. The summed E-state index contributed by atoms with van der Waals surface area (Å²) < 4.78 is 17.2. The normalized spacial score (nSPS) is 10.4. The Labute approximate surface area is 198 Å². The first-order chi connectivity index (χ1) is 16.6. The van der Waals surface area contributed by atoms with Crippen LogP contribution in [0.3, 0.4) is 0 Å². The van der Waals surface area contributed by atoms with Crippen LogP contribution in [0, 0.1) is 0 Å². The predicted molar refractivity (Wildman–Crippen MR) is 133 cm³/mol. The Bertz CT molecular complexity index is 1240. The molecular weight excluding hydrogens is 428 g/mol. The van der Waals surface area contributed by atoms with Gasteiger partial charge in [-0.05, 0) is 29.3 Å². The standard InChI is InChI=1S/C28H26N2O4/c1-32-26-16-24(25(29)17-27(26)34-19-21-11-6-3-7-12-21)28(31)30-22-13-8-14-23(15-22)33-18-20-9-4-2-5-10-20/h2-17H,18-19,29H2,1H3,(H,30,31). The topological polar surface area (TPSA) is 82.8 Å². The van der Waals surface area contributed by atoms with Crippen LogP contribution in [-0.2, 0) is 13.2 Å². The zero-order chi connectivity index (χ0) is 23.8. The first kappa shape index (κ1) is 22.7. The summed E-state index contributed by atoms with van der Waals surface area (Å²) in [5.74, 6) is 1.19. The highest BCUT2D eigenvalue weighted by Crippen LogP contribution is 2.33. The second-order valence-corrected chi connectivity index (χ2v) is 7.62. The van der Waals surface area contributed by atoms with E-state index in [-0.39, 0.29) is 11.6 Å². The molecule has 0 saturated heterocycles. The highest BCUT2D eigenvalue weighted by Gasteiger charge is 2.16. The largest absolute Gasteiger partial charge is 0.493 e. The second-order valence-electron chi connectivity index (χ2n) is 7.62.